The monoisotopic (exact) mass is 442 g/mol. The Morgan fingerprint density at radius 1 is 0.719 bits per heavy atom. The lowest BCUT2D eigenvalue weighted by Crippen LogP contribution is -2.19. The highest BCUT2D eigenvalue weighted by atomic mass is 16.5. The number of aryl methyl sites for hydroxylation is 1. The topological polar surface area (TPSA) is 99.4 Å². The number of hydrogen-bond donors (Lipinski definition) is 4. The van der Waals surface area contributed by atoms with Gasteiger partial charge >= 0.3 is 0 Å². The van der Waals surface area contributed by atoms with Gasteiger partial charge in [0.05, 0.1) is 12.2 Å². The van der Waals surface area contributed by atoms with Crippen LogP contribution in [0.1, 0.15) is 38.2 Å². The maximum absolute atomic E-state index is 10.3. The number of rotatable bonds is 13. The molecule has 0 radical (unpaired) electrons. The highest BCUT2D eigenvalue weighted by Gasteiger charge is 2.18. The van der Waals surface area contributed by atoms with E-state index in [1.54, 1.807) is 0 Å². The summed E-state index contributed by atoms with van der Waals surface area (Å²) in [7, 11) is 0. The van der Waals surface area contributed by atoms with Gasteiger partial charge in [0.15, 0.2) is 0 Å². The summed E-state index contributed by atoms with van der Waals surface area (Å²) in [5.74, 6) is 1.39. The molecule has 6 nitrogen and oxygen atoms in total. The van der Waals surface area contributed by atoms with Gasteiger partial charge in [-0.15, -0.1) is 0 Å². The van der Waals surface area contributed by atoms with Crippen LogP contribution in [-0.2, 0) is 6.42 Å². The van der Waals surface area contributed by atoms with Crippen LogP contribution in [0.4, 0.5) is 0 Å². The van der Waals surface area contributed by atoms with Gasteiger partial charge in [0.25, 0.3) is 0 Å². The Morgan fingerprint density at radius 3 is 1.72 bits per heavy atom. The number of hydrogen-bond acceptors (Lipinski definition) is 6. The summed E-state index contributed by atoms with van der Waals surface area (Å²) in [6, 6.07) is 14.0. The molecule has 0 spiro atoms. The van der Waals surface area contributed by atoms with Gasteiger partial charge in [-0.2, -0.15) is 0 Å². The van der Waals surface area contributed by atoms with Crippen LogP contribution in [0.15, 0.2) is 42.5 Å². The van der Waals surface area contributed by atoms with Crippen molar-refractivity contribution in [3.8, 4) is 11.5 Å². The summed E-state index contributed by atoms with van der Waals surface area (Å²) in [4.78, 5) is 0. The summed E-state index contributed by atoms with van der Waals surface area (Å²) in [6.07, 6.45) is 1.54. The molecule has 0 heterocycles. The lowest BCUT2D eigenvalue weighted by atomic mass is 9.98. The SMILES string of the molecule is CCc1ccc2c(OCC(O)CCCO)c3ccccc3c(OCC(O)CCCO)c2c1. The van der Waals surface area contributed by atoms with Crippen molar-refractivity contribution in [3.05, 3.63) is 48.0 Å². The van der Waals surface area contributed by atoms with Crippen molar-refractivity contribution in [1.82, 2.24) is 0 Å². The lowest BCUT2D eigenvalue weighted by Gasteiger charge is -2.20. The van der Waals surface area contributed by atoms with E-state index in [1.165, 1.54) is 0 Å². The number of benzene rings is 3. The number of ether oxygens (including phenoxy) is 2. The lowest BCUT2D eigenvalue weighted by molar-refractivity contribution is 0.0929. The minimum absolute atomic E-state index is 0.0406. The maximum atomic E-state index is 10.3. The van der Waals surface area contributed by atoms with Gasteiger partial charge < -0.3 is 29.9 Å². The molecule has 2 unspecified atom stereocenters. The fourth-order valence-corrected chi connectivity index (χ4v) is 3.86. The average molecular weight is 443 g/mol. The highest BCUT2D eigenvalue weighted by molar-refractivity contribution is 6.11. The second-order valence-corrected chi connectivity index (χ2v) is 8.10. The van der Waals surface area contributed by atoms with Crippen molar-refractivity contribution in [2.45, 2.75) is 51.2 Å². The van der Waals surface area contributed by atoms with Gasteiger partial charge in [-0.05, 0) is 43.7 Å². The van der Waals surface area contributed by atoms with Gasteiger partial charge in [-0.1, -0.05) is 43.3 Å². The Labute approximate surface area is 189 Å². The Bertz CT molecular complexity index is 1000. The molecule has 32 heavy (non-hydrogen) atoms. The van der Waals surface area contributed by atoms with E-state index >= 15 is 0 Å². The Kier molecular flexibility index (Phi) is 9.11. The zero-order valence-electron chi connectivity index (χ0n) is 18.7. The first-order chi connectivity index (χ1) is 15.6. The molecule has 0 saturated carbocycles. The fraction of sp³-hybridized carbons (Fsp3) is 0.462. The standard InChI is InChI=1S/C26H34O6/c1-2-18-11-12-23-24(15-18)26(32-17-20(30)8-6-14-28)22-10-4-3-9-21(22)25(23)31-16-19(29)7-5-13-27/h3-4,9-12,15,19-20,27-30H,2,5-8,13-14,16-17H2,1H3. The van der Waals surface area contributed by atoms with E-state index in [9.17, 15) is 10.2 Å². The van der Waals surface area contributed by atoms with Crippen LogP contribution in [0.25, 0.3) is 21.5 Å². The van der Waals surface area contributed by atoms with Crippen LogP contribution in [0.3, 0.4) is 0 Å². The van der Waals surface area contributed by atoms with Crippen molar-refractivity contribution in [2.24, 2.45) is 0 Å². The van der Waals surface area contributed by atoms with Crippen molar-refractivity contribution in [1.29, 1.82) is 0 Å². The molecule has 0 aromatic heterocycles. The third-order valence-electron chi connectivity index (χ3n) is 5.63. The highest BCUT2D eigenvalue weighted by Crippen LogP contribution is 2.43. The Balaban J connectivity index is 2.03. The first-order valence-corrected chi connectivity index (χ1v) is 11.4. The second kappa shape index (κ2) is 12.0. The minimum atomic E-state index is -0.664. The van der Waals surface area contributed by atoms with Gasteiger partial charge in [-0.25, -0.2) is 0 Å². The predicted octanol–water partition coefficient (Wildman–Crippen LogP) is 3.58. The second-order valence-electron chi connectivity index (χ2n) is 8.10. The van der Waals surface area contributed by atoms with Crippen LogP contribution < -0.4 is 9.47 Å². The summed E-state index contributed by atoms with van der Waals surface area (Å²) >= 11 is 0. The molecule has 174 valence electrons. The molecule has 0 amide bonds. The van der Waals surface area contributed by atoms with E-state index in [0.717, 1.165) is 33.5 Å². The summed E-state index contributed by atoms with van der Waals surface area (Å²) in [6.45, 7) is 2.44. The van der Waals surface area contributed by atoms with E-state index in [4.69, 9.17) is 19.7 Å². The van der Waals surface area contributed by atoms with Crippen LogP contribution >= 0.6 is 0 Å². The number of fused-ring (bicyclic) bond motifs is 2. The molecule has 3 rings (SSSR count). The number of aliphatic hydroxyl groups excluding tert-OH is 4. The molecule has 3 aromatic carbocycles. The van der Waals surface area contributed by atoms with Crippen LogP contribution in [-0.4, -0.2) is 59.1 Å². The van der Waals surface area contributed by atoms with E-state index in [-0.39, 0.29) is 26.4 Å². The molecule has 6 heteroatoms. The van der Waals surface area contributed by atoms with E-state index in [1.807, 2.05) is 30.3 Å². The summed E-state index contributed by atoms with van der Waals surface area (Å²) in [5.41, 5.74) is 1.16. The first kappa shape index (κ1) is 24.3. The largest absolute Gasteiger partial charge is 0.490 e. The molecule has 0 saturated heterocycles. The van der Waals surface area contributed by atoms with Crippen LogP contribution in [0, 0.1) is 0 Å². The molecule has 3 aromatic rings. The molecule has 0 aliphatic rings. The van der Waals surface area contributed by atoms with Crippen LogP contribution in [0.5, 0.6) is 11.5 Å². The molecule has 0 bridgehead atoms. The van der Waals surface area contributed by atoms with Crippen molar-refractivity contribution >= 4 is 21.5 Å². The van der Waals surface area contributed by atoms with Gasteiger partial charge in [0.1, 0.15) is 24.7 Å². The molecule has 0 aliphatic carbocycles. The van der Waals surface area contributed by atoms with Crippen LogP contribution in [0.2, 0.25) is 0 Å². The quantitative estimate of drug-likeness (QED) is 0.302. The van der Waals surface area contributed by atoms with Gasteiger partial charge in [0.2, 0.25) is 0 Å². The predicted molar refractivity (Wildman–Crippen MR) is 126 cm³/mol. The number of aliphatic hydroxyl groups is 4. The molecule has 4 N–H and O–H groups in total. The Hall–Kier alpha value is -2.38. The average Bonchev–Trinajstić information content (AvgIpc) is 2.82. The maximum Gasteiger partial charge on any atom is 0.135 e. The van der Waals surface area contributed by atoms with E-state index < -0.39 is 12.2 Å². The van der Waals surface area contributed by atoms with Crippen molar-refractivity contribution in [2.75, 3.05) is 26.4 Å². The molecule has 2 atom stereocenters. The summed E-state index contributed by atoms with van der Waals surface area (Å²) in [5, 5.41) is 42.0. The van der Waals surface area contributed by atoms with E-state index in [2.05, 4.69) is 19.1 Å². The third-order valence-corrected chi connectivity index (χ3v) is 5.63. The molecule has 0 fully saturated rings. The minimum Gasteiger partial charge on any atom is -0.490 e. The normalized spacial score (nSPS) is 13.4. The van der Waals surface area contributed by atoms with Gasteiger partial charge in [-0.3, -0.25) is 0 Å². The third kappa shape index (κ3) is 5.90. The molecule has 0 aliphatic heterocycles. The van der Waals surface area contributed by atoms with Gasteiger partial charge in [0, 0.05) is 34.8 Å². The Morgan fingerprint density at radius 2 is 1.22 bits per heavy atom. The molecular weight excluding hydrogens is 408 g/mol. The zero-order chi connectivity index (χ0) is 22.9. The molecular formula is C26H34O6. The van der Waals surface area contributed by atoms with Crippen molar-refractivity contribution < 1.29 is 29.9 Å². The summed E-state index contributed by atoms with van der Waals surface area (Å²) < 4.78 is 12.3. The van der Waals surface area contributed by atoms with E-state index in [0.29, 0.717) is 37.2 Å². The van der Waals surface area contributed by atoms with Crippen molar-refractivity contribution in [3.63, 3.8) is 0 Å². The zero-order valence-corrected chi connectivity index (χ0v) is 18.7. The smallest absolute Gasteiger partial charge is 0.135 e. The fourth-order valence-electron chi connectivity index (χ4n) is 3.86. The first-order valence-electron chi connectivity index (χ1n) is 11.4.